The molecular weight excluding hydrogens is 380 g/mol. The van der Waals surface area contributed by atoms with Crippen LogP contribution in [0.5, 0.6) is 11.5 Å². The molecule has 0 atom stereocenters. The van der Waals surface area contributed by atoms with Gasteiger partial charge in [-0.25, -0.2) is 4.79 Å². The minimum absolute atomic E-state index is 0.138. The normalized spacial score (nSPS) is 15.1. The molecule has 1 aromatic rings. The number of alkyl carbamates (subject to hydrolysis) is 1. The van der Waals surface area contributed by atoms with Crippen molar-refractivity contribution in [2.24, 2.45) is 0 Å². The summed E-state index contributed by atoms with van der Waals surface area (Å²) < 4.78 is 16.3. The predicted molar refractivity (Wildman–Crippen MR) is 92.7 cm³/mol. The third kappa shape index (κ3) is 5.85. The molecule has 2 N–H and O–H groups in total. The number of carbonyl (C=O) groups excluding carboxylic acids is 1. The standard InChI is InChI=1S/C16H23BrN2O5/c1-22-15-11-13(17)14(20)10-12(15)2-3-18-16(21)24-9-6-19-4-7-23-8-5-19/h10-11,20H,2-9H2,1H3,(H,18,21). The average molecular weight is 403 g/mol. The van der Waals surface area contributed by atoms with Gasteiger partial charge in [0.15, 0.2) is 0 Å². The molecule has 1 aliphatic rings. The molecule has 1 amide bonds. The second-order valence-electron chi connectivity index (χ2n) is 5.38. The van der Waals surface area contributed by atoms with Gasteiger partial charge >= 0.3 is 6.09 Å². The fourth-order valence-electron chi connectivity index (χ4n) is 2.41. The van der Waals surface area contributed by atoms with Crippen LogP contribution in [0.3, 0.4) is 0 Å². The van der Waals surface area contributed by atoms with Crippen LogP contribution < -0.4 is 10.1 Å². The monoisotopic (exact) mass is 402 g/mol. The molecule has 0 saturated carbocycles. The van der Waals surface area contributed by atoms with E-state index in [0.29, 0.717) is 36.3 Å². The van der Waals surface area contributed by atoms with Gasteiger partial charge in [0, 0.05) is 26.2 Å². The first-order valence-electron chi connectivity index (χ1n) is 7.86. The van der Waals surface area contributed by atoms with Crippen molar-refractivity contribution in [3.05, 3.63) is 22.2 Å². The minimum atomic E-state index is -0.441. The first-order valence-corrected chi connectivity index (χ1v) is 8.65. The number of nitrogens with one attached hydrogen (secondary N) is 1. The number of nitrogens with zero attached hydrogens (tertiary/aromatic N) is 1. The number of carbonyl (C=O) groups is 1. The van der Waals surface area contributed by atoms with Crippen LogP contribution in [0.4, 0.5) is 4.79 Å². The van der Waals surface area contributed by atoms with Crippen molar-refractivity contribution < 1.29 is 24.1 Å². The molecule has 1 fully saturated rings. The molecule has 1 aromatic carbocycles. The van der Waals surface area contributed by atoms with E-state index in [1.807, 2.05) is 0 Å². The zero-order valence-corrected chi connectivity index (χ0v) is 15.3. The quantitative estimate of drug-likeness (QED) is 0.723. The Labute approximate surface area is 150 Å². The van der Waals surface area contributed by atoms with Crippen molar-refractivity contribution in [1.82, 2.24) is 10.2 Å². The Balaban J connectivity index is 1.68. The lowest BCUT2D eigenvalue weighted by Crippen LogP contribution is -2.39. The van der Waals surface area contributed by atoms with Crippen LogP contribution in [-0.4, -0.2) is 69.2 Å². The van der Waals surface area contributed by atoms with Crippen LogP contribution in [0.2, 0.25) is 0 Å². The van der Waals surface area contributed by atoms with Crippen LogP contribution in [0.1, 0.15) is 5.56 Å². The topological polar surface area (TPSA) is 80.3 Å². The second kappa shape index (κ2) is 9.71. The van der Waals surface area contributed by atoms with Gasteiger partial charge in [-0.1, -0.05) is 0 Å². The highest BCUT2D eigenvalue weighted by Crippen LogP contribution is 2.32. The fraction of sp³-hybridized carbons (Fsp3) is 0.562. The highest BCUT2D eigenvalue weighted by Gasteiger charge is 2.12. The zero-order valence-electron chi connectivity index (χ0n) is 13.7. The average Bonchev–Trinajstić information content (AvgIpc) is 2.58. The Hall–Kier alpha value is -1.51. The van der Waals surface area contributed by atoms with E-state index in [0.717, 1.165) is 31.9 Å². The smallest absolute Gasteiger partial charge is 0.407 e. The number of rotatable bonds is 7. The minimum Gasteiger partial charge on any atom is -0.507 e. The Morgan fingerprint density at radius 1 is 1.42 bits per heavy atom. The molecule has 1 heterocycles. The summed E-state index contributed by atoms with van der Waals surface area (Å²) in [5.41, 5.74) is 0.812. The van der Waals surface area contributed by atoms with Gasteiger partial charge in [-0.2, -0.15) is 0 Å². The molecule has 0 aliphatic carbocycles. The first-order chi connectivity index (χ1) is 11.6. The number of aromatic hydroxyl groups is 1. The van der Waals surface area contributed by atoms with Crippen LogP contribution in [0, 0.1) is 0 Å². The lowest BCUT2D eigenvalue weighted by atomic mass is 10.1. The summed E-state index contributed by atoms with van der Waals surface area (Å²) in [5.74, 6) is 0.793. The molecule has 2 rings (SSSR count). The van der Waals surface area contributed by atoms with Gasteiger partial charge in [0.05, 0.1) is 24.8 Å². The number of hydrogen-bond donors (Lipinski definition) is 2. The molecule has 8 heteroatoms. The summed E-state index contributed by atoms with van der Waals surface area (Å²) in [6, 6.07) is 3.32. The van der Waals surface area contributed by atoms with E-state index >= 15 is 0 Å². The summed E-state index contributed by atoms with van der Waals surface area (Å²) in [4.78, 5) is 13.9. The molecule has 7 nitrogen and oxygen atoms in total. The van der Waals surface area contributed by atoms with Gasteiger partial charge < -0.3 is 24.6 Å². The van der Waals surface area contributed by atoms with Crippen molar-refractivity contribution in [3.8, 4) is 11.5 Å². The Morgan fingerprint density at radius 3 is 2.88 bits per heavy atom. The molecule has 0 bridgehead atoms. The van der Waals surface area contributed by atoms with Gasteiger partial charge in [-0.15, -0.1) is 0 Å². The van der Waals surface area contributed by atoms with Gasteiger partial charge in [-0.3, -0.25) is 4.90 Å². The molecule has 0 radical (unpaired) electrons. The first kappa shape index (κ1) is 18.8. The number of hydrogen-bond acceptors (Lipinski definition) is 6. The predicted octanol–water partition coefficient (Wildman–Crippen LogP) is 1.76. The van der Waals surface area contributed by atoms with Crippen LogP contribution in [0.25, 0.3) is 0 Å². The van der Waals surface area contributed by atoms with Crippen molar-refractivity contribution in [2.75, 3.05) is 53.1 Å². The number of halogens is 1. The number of methoxy groups -OCH3 is 1. The van der Waals surface area contributed by atoms with Crippen LogP contribution >= 0.6 is 15.9 Å². The number of phenolic OH excluding ortho intramolecular Hbond substituents is 1. The molecule has 1 saturated heterocycles. The lowest BCUT2D eigenvalue weighted by molar-refractivity contribution is 0.0281. The molecule has 0 aromatic heterocycles. The van der Waals surface area contributed by atoms with Gasteiger partial charge in [0.1, 0.15) is 18.1 Å². The number of benzene rings is 1. The molecule has 1 aliphatic heterocycles. The number of phenols is 1. The summed E-state index contributed by atoms with van der Waals surface area (Å²) in [6.45, 7) is 4.67. The van der Waals surface area contributed by atoms with Gasteiger partial charge in [0.2, 0.25) is 0 Å². The Bertz CT molecular complexity index is 550. The van der Waals surface area contributed by atoms with Gasteiger partial charge in [-0.05, 0) is 40.0 Å². The molecule has 24 heavy (non-hydrogen) atoms. The van der Waals surface area contributed by atoms with E-state index < -0.39 is 6.09 Å². The SMILES string of the molecule is COc1cc(Br)c(O)cc1CCNC(=O)OCCN1CCOCC1. The van der Waals surface area contributed by atoms with Crippen molar-refractivity contribution in [2.45, 2.75) is 6.42 Å². The van der Waals surface area contributed by atoms with Gasteiger partial charge in [0.25, 0.3) is 0 Å². The molecular formula is C16H23BrN2O5. The maximum Gasteiger partial charge on any atom is 0.407 e. The highest BCUT2D eigenvalue weighted by atomic mass is 79.9. The zero-order chi connectivity index (χ0) is 17.4. The number of morpholine rings is 1. The summed E-state index contributed by atoms with van der Waals surface area (Å²) >= 11 is 3.24. The summed E-state index contributed by atoms with van der Waals surface area (Å²) in [6.07, 6.45) is 0.0892. The third-order valence-corrected chi connectivity index (χ3v) is 4.39. The van der Waals surface area contributed by atoms with Crippen molar-refractivity contribution in [3.63, 3.8) is 0 Å². The Kier molecular flexibility index (Phi) is 7.61. The third-order valence-electron chi connectivity index (χ3n) is 3.76. The number of ether oxygens (including phenoxy) is 3. The molecule has 134 valence electrons. The van der Waals surface area contributed by atoms with E-state index in [9.17, 15) is 9.90 Å². The highest BCUT2D eigenvalue weighted by molar-refractivity contribution is 9.10. The summed E-state index contributed by atoms with van der Waals surface area (Å²) in [5, 5.41) is 12.4. The van der Waals surface area contributed by atoms with E-state index in [4.69, 9.17) is 14.2 Å². The van der Waals surface area contributed by atoms with Crippen LogP contribution in [-0.2, 0) is 15.9 Å². The lowest BCUT2D eigenvalue weighted by Gasteiger charge is -2.26. The number of amides is 1. The molecule has 0 unspecified atom stereocenters. The van der Waals surface area contributed by atoms with E-state index in [1.54, 1.807) is 19.2 Å². The molecule has 0 spiro atoms. The summed E-state index contributed by atoms with van der Waals surface area (Å²) in [7, 11) is 1.57. The van der Waals surface area contributed by atoms with E-state index in [2.05, 4.69) is 26.1 Å². The Morgan fingerprint density at radius 2 is 2.17 bits per heavy atom. The van der Waals surface area contributed by atoms with Crippen LogP contribution in [0.15, 0.2) is 16.6 Å². The van der Waals surface area contributed by atoms with E-state index in [-0.39, 0.29) is 5.75 Å². The van der Waals surface area contributed by atoms with Crippen molar-refractivity contribution >= 4 is 22.0 Å². The largest absolute Gasteiger partial charge is 0.507 e. The second-order valence-corrected chi connectivity index (χ2v) is 6.24. The van der Waals surface area contributed by atoms with E-state index in [1.165, 1.54) is 0 Å². The van der Waals surface area contributed by atoms with Crippen molar-refractivity contribution in [1.29, 1.82) is 0 Å². The maximum absolute atomic E-state index is 11.7. The maximum atomic E-state index is 11.7. The fourth-order valence-corrected chi connectivity index (χ4v) is 2.74.